The van der Waals surface area contributed by atoms with Crippen LogP contribution >= 0.6 is 11.8 Å². The molecule has 0 aromatic heterocycles. The number of hydrogen-bond donors (Lipinski definition) is 2. The minimum Gasteiger partial charge on any atom is -0.399 e. The second-order valence-electron chi connectivity index (χ2n) is 3.74. The molecule has 0 saturated carbocycles. The van der Waals surface area contributed by atoms with E-state index >= 15 is 0 Å². The molecule has 2 aromatic carbocycles. The maximum atomic E-state index is 9.23. The summed E-state index contributed by atoms with van der Waals surface area (Å²) in [7, 11) is 0. The molecule has 3 nitrogen and oxygen atoms in total. The van der Waals surface area contributed by atoms with E-state index in [1.54, 1.807) is 11.8 Å². The standard InChI is InChI=1S/C14H13N3S/c1-18-14-4-2-3-13(12(14)9-15)17-11-7-5-10(16)6-8-11/h2-8,17H,16H2,1H3. The summed E-state index contributed by atoms with van der Waals surface area (Å²) in [5.41, 5.74) is 8.76. The van der Waals surface area contributed by atoms with Gasteiger partial charge in [0.25, 0.3) is 0 Å². The molecule has 0 amide bonds. The lowest BCUT2D eigenvalue weighted by molar-refractivity contribution is 1.36. The highest BCUT2D eigenvalue weighted by atomic mass is 32.2. The van der Waals surface area contributed by atoms with E-state index in [2.05, 4.69) is 11.4 Å². The average molecular weight is 255 g/mol. The fraction of sp³-hybridized carbons (Fsp3) is 0.0714. The van der Waals surface area contributed by atoms with E-state index < -0.39 is 0 Å². The van der Waals surface area contributed by atoms with Crippen molar-refractivity contribution in [1.82, 2.24) is 0 Å². The number of nitrogens with two attached hydrogens (primary N) is 1. The van der Waals surface area contributed by atoms with E-state index in [4.69, 9.17) is 5.73 Å². The normalized spacial score (nSPS) is 9.78. The first-order valence-electron chi connectivity index (χ1n) is 5.44. The van der Waals surface area contributed by atoms with Crippen LogP contribution in [0.4, 0.5) is 17.1 Å². The third-order valence-electron chi connectivity index (χ3n) is 2.55. The first kappa shape index (κ1) is 12.3. The van der Waals surface area contributed by atoms with Crippen LogP contribution in [0.15, 0.2) is 47.4 Å². The molecule has 0 aliphatic heterocycles. The molecule has 0 bridgehead atoms. The lowest BCUT2D eigenvalue weighted by Gasteiger charge is -2.10. The van der Waals surface area contributed by atoms with Crippen LogP contribution in [0, 0.1) is 11.3 Å². The molecule has 4 heteroatoms. The van der Waals surface area contributed by atoms with E-state index in [9.17, 15) is 5.26 Å². The Balaban J connectivity index is 2.35. The monoisotopic (exact) mass is 255 g/mol. The quantitative estimate of drug-likeness (QED) is 0.649. The fourth-order valence-corrected chi connectivity index (χ4v) is 2.22. The molecule has 18 heavy (non-hydrogen) atoms. The number of hydrogen-bond acceptors (Lipinski definition) is 4. The Morgan fingerprint density at radius 2 is 1.89 bits per heavy atom. The molecule has 0 unspecified atom stereocenters. The Morgan fingerprint density at radius 3 is 2.50 bits per heavy atom. The number of rotatable bonds is 3. The van der Waals surface area contributed by atoms with E-state index in [0.717, 1.165) is 22.0 Å². The first-order valence-corrected chi connectivity index (χ1v) is 6.66. The van der Waals surface area contributed by atoms with Gasteiger partial charge in [-0.1, -0.05) is 6.07 Å². The molecule has 2 aromatic rings. The summed E-state index contributed by atoms with van der Waals surface area (Å²) >= 11 is 1.56. The number of nitrogens with zero attached hydrogens (tertiary/aromatic N) is 1. The van der Waals surface area contributed by atoms with Gasteiger partial charge in [-0.25, -0.2) is 0 Å². The van der Waals surface area contributed by atoms with Gasteiger partial charge < -0.3 is 11.1 Å². The molecule has 0 saturated heterocycles. The molecule has 0 radical (unpaired) electrons. The van der Waals surface area contributed by atoms with E-state index in [-0.39, 0.29) is 0 Å². The van der Waals surface area contributed by atoms with Crippen molar-refractivity contribution in [2.45, 2.75) is 4.90 Å². The zero-order valence-electron chi connectivity index (χ0n) is 9.97. The highest BCUT2D eigenvalue weighted by Crippen LogP contribution is 2.28. The molecular weight excluding hydrogens is 242 g/mol. The van der Waals surface area contributed by atoms with E-state index in [1.165, 1.54) is 0 Å². The maximum Gasteiger partial charge on any atom is 0.103 e. The van der Waals surface area contributed by atoms with Gasteiger partial charge in [-0.3, -0.25) is 0 Å². The lowest BCUT2D eigenvalue weighted by Crippen LogP contribution is -1.95. The molecule has 0 aliphatic rings. The molecular formula is C14H13N3S. The van der Waals surface area contributed by atoms with Crippen LogP contribution in [0.5, 0.6) is 0 Å². The summed E-state index contributed by atoms with van der Waals surface area (Å²) in [5.74, 6) is 0. The van der Waals surface area contributed by atoms with E-state index in [1.807, 2.05) is 48.7 Å². The highest BCUT2D eigenvalue weighted by Gasteiger charge is 2.07. The average Bonchev–Trinajstić information content (AvgIpc) is 2.41. The van der Waals surface area contributed by atoms with Gasteiger partial charge in [0, 0.05) is 16.3 Å². The van der Waals surface area contributed by atoms with Gasteiger partial charge in [-0.2, -0.15) is 5.26 Å². The Labute approximate surface area is 111 Å². The summed E-state index contributed by atoms with van der Waals surface area (Å²) in [5, 5.41) is 12.5. The van der Waals surface area contributed by atoms with Gasteiger partial charge in [0.05, 0.1) is 11.3 Å². The Bertz CT molecular complexity index is 585. The fourth-order valence-electron chi connectivity index (χ4n) is 1.64. The SMILES string of the molecule is CSc1cccc(Nc2ccc(N)cc2)c1C#N. The molecule has 2 rings (SSSR count). The van der Waals surface area contributed by atoms with Crippen molar-refractivity contribution in [1.29, 1.82) is 5.26 Å². The van der Waals surface area contributed by atoms with Crippen LogP contribution in [0.3, 0.4) is 0 Å². The number of nitrogen functional groups attached to an aromatic ring is 1. The zero-order valence-corrected chi connectivity index (χ0v) is 10.8. The van der Waals surface area contributed by atoms with Crippen LogP contribution in [0.1, 0.15) is 5.56 Å². The van der Waals surface area contributed by atoms with Gasteiger partial charge in [0.1, 0.15) is 6.07 Å². The summed E-state index contributed by atoms with van der Waals surface area (Å²) in [4.78, 5) is 0.970. The number of thioether (sulfide) groups is 1. The second kappa shape index (κ2) is 5.48. The van der Waals surface area contributed by atoms with Crippen LogP contribution < -0.4 is 11.1 Å². The largest absolute Gasteiger partial charge is 0.399 e. The van der Waals surface area contributed by atoms with Crippen molar-refractivity contribution >= 4 is 28.8 Å². The van der Waals surface area contributed by atoms with Gasteiger partial charge >= 0.3 is 0 Å². The number of benzene rings is 2. The molecule has 0 spiro atoms. The van der Waals surface area contributed by atoms with Gasteiger partial charge in [0.2, 0.25) is 0 Å². The Kier molecular flexibility index (Phi) is 3.75. The smallest absolute Gasteiger partial charge is 0.103 e. The van der Waals surface area contributed by atoms with Crippen molar-refractivity contribution in [3.8, 4) is 6.07 Å². The van der Waals surface area contributed by atoms with Crippen LogP contribution in [-0.4, -0.2) is 6.26 Å². The lowest BCUT2D eigenvalue weighted by atomic mass is 10.2. The predicted octanol–water partition coefficient (Wildman–Crippen LogP) is 3.61. The van der Waals surface area contributed by atoms with Crippen LogP contribution in [-0.2, 0) is 0 Å². The molecule has 3 N–H and O–H groups in total. The topological polar surface area (TPSA) is 61.8 Å². The zero-order chi connectivity index (χ0) is 13.0. The van der Waals surface area contributed by atoms with Gasteiger partial charge in [-0.15, -0.1) is 11.8 Å². The van der Waals surface area contributed by atoms with Crippen molar-refractivity contribution in [3.05, 3.63) is 48.0 Å². The van der Waals surface area contributed by atoms with Gasteiger partial charge in [-0.05, 0) is 42.7 Å². The van der Waals surface area contributed by atoms with Crippen molar-refractivity contribution in [3.63, 3.8) is 0 Å². The summed E-state index contributed by atoms with van der Waals surface area (Å²) in [6, 6.07) is 15.4. The third kappa shape index (κ3) is 2.58. The van der Waals surface area contributed by atoms with Crippen molar-refractivity contribution < 1.29 is 0 Å². The molecule has 90 valence electrons. The number of anilines is 3. The molecule has 0 aliphatic carbocycles. The van der Waals surface area contributed by atoms with E-state index in [0.29, 0.717) is 5.56 Å². The predicted molar refractivity (Wildman–Crippen MR) is 77.1 cm³/mol. The summed E-state index contributed by atoms with van der Waals surface area (Å²) in [6.45, 7) is 0. The number of nitrogens with one attached hydrogen (secondary N) is 1. The number of nitriles is 1. The third-order valence-corrected chi connectivity index (χ3v) is 3.33. The molecule has 0 atom stereocenters. The molecule has 0 fully saturated rings. The first-order chi connectivity index (χ1) is 8.74. The maximum absolute atomic E-state index is 9.23. The minimum absolute atomic E-state index is 0.668. The Hall–Kier alpha value is -2.12. The summed E-state index contributed by atoms with van der Waals surface area (Å²) in [6.07, 6.45) is 1.96. The molecule has 0 heterocycles. The summed E-state index contributed by atoms with van der Waals surface area (Å²) < 4.78 is 0. The highest BCUT2D eigenvalue weighted by molar-refractivity contribution is 7.98. The van der Waals surface area contributed by atoms with Gasteiger partial charge in [0.15, 0.2) is 0 Å². The van der Waals surface area contributed by atoms with Crippen molar-refractivity contribution in [2.75, 3.05) is 17.3 Å². The van der Waals surface area contributed by atoms with Crippen LogP contribution in [0.25, 0.3) is 0 Å². The Morgan fingerprint density at radius 1 is 1.17 bits per heavy atom. The second-order valence-corrected chi connectivity index (χ2v) is 4.59. The van der Waals surface area contributed by atoms with Crippen LogP contribution in [0.2, 0.25) is 0 Å². The van der Waals surface area contributed by atoms with Crippen molar-refractivity contribution in [2.24, 2.45) is 0 Å². The minimum atomic E-state index is 0.668.